The summed E-state index contributed by atoms with van der Waals surface area (Å²) in [6.07, 6.45) is -11.7. The van der Waals surface area contributed by atoms with E-state index in [4.69, 9.17) is 4.74 Å². The third kappa shape index (κ3) is 4.70. The number of para-hydroxylation sites is 1. The van der Waals surface area contributed by atoms with Crippen LogP contribution in [0.4, 0.5) is 38.1 Å². The predicted molar refractivity (Wildman–Crippen MR) is 106 cm³/mol. The van der Waals surface area contributed by atoms with Gasteiger partial charge in [0.05, 0.1) is 11.6 Å². The molecule has 3 N–H and O–H groups in total. The van der Waals surface area contributed by atoms with Gasteiger partial charge in [0, 0.05) is 11.9 Å². The maximum Gasteiger partial charge on any atom is 0.414 e. The standard InChI is InChI=1S/C20H23F6N5O/c21-19(22,23)15-6-5-12(32-15)11-28-16-13-3-1-2-4-14(13)29-17(30-16)31-18(20(24,25)26)7-9-27-10-8-18/h1-4,12,15,27H,5-11H2,(H2,28,29,30,31). The molecule has 6 nitrogen and oxygen atoms in total. The van der Waals surface area contributed by atoms with Crippen LogP contribution >= 0.6 is 0 Å². The Morgan fingerprint density at radius 1 is 1.03 bits per heavy atom. The van der Waals surface area contributed by atoms with Gasteiger partial charge in [-0.2, -0.15) is 31.3 Å². The summed E-state index contributed by atoms with van der Waals surface area (Å²) in [6, 6.07) is 6.75. The Bertz CT molecular complexity index is 944. The van der Waals surface area contributed by atoms with Gasteiger partial charge in [-0.05, 0) is 50.9 Å². The van der Waals surface area contributed by atoms with Gasteiger partial charge < -0.3 is 20.7 Å². The molecule has 0 bridgehead atoms. The van der Waals surface area contributed by atoms with Crippen LogP contribution in [0.3, 0.4) is 0 Å². The highest BCUT2D eigenvalue weighted by molar-refractivity contribution is 5.90. The van der Waals surface area contributed by atoms with Gasteiger partial charge in [0.15, 0.2) is 6.10 Å². The maximum atomic E-state index is 13.9. The van der Waals surface area contributed by atoms with Crippen molar-refractivity contribution in [3.05, 3.63) is 24.3 Å². The van der Waals surface area contributed by atoms with Crippen molar-refractivity contribution in [2.45, 2.75) is 55.8 Å². The van der Waals surface area contributed by atoms with Crippen LogP contribution in [0.15, 0.2) is 24.3 Å². The molecular formula is C20H23F6N5O. The second-order valence-corrected chi connectivity index (χ2v) is 8.11. The molecule has 0 saturated carbocycles. The number of rotatable bonds is 5. The number of piperidine rings is 1. The molecular weight excluding hydrogens is 440 g/mol. The molecule has 0 amide bonds. The smallest absolute Gasteiger partial charge is 0.367 e. The maximum absolute atomic E-state index is 13.9. The molecule has 12 heteroatoms. The SMILES string of the molecule is FC(F)(F)C1CCC(CNc2nc(NC3(C(F)(F)F)CCNCC3)nc3ccccc23)O1. The lowest BCUT2D eigenvalue weighted by atomic mass is 9.87. The molecule has 2 aliphatic heterocycles. The molecule has 0 radical (unpaired) electrons. The second-order valence-electron chi connectivity index (χ2n) is 8.11. The molecule has 2 aliphatic rings. The van der Waals surface area contributed by atoms with Crippen molar-refractivity contribution in [2.24, 2.45) is 0 Å². The minimum absolute atomic E-state index is 0.0430. The van der Waals surface area contributed by atoms with E-state index in [-0.39, 0.29) is 57.1 Å². The summed E-state index contributed by atoms with van der Waals surface area (Å²) >= 11 is 0. The summed E-state index contributed by atoms with van der Waals surface area (Å²) in [6.45, 7) is 0.441. The highest BCUT2D eigenvalue weighted by Gasteiger charge is 2.55. The van der Waals surface area contributed by atoms with Crippen molar-refractivity contribution < 1.29 is 31.1 Å². The molecule has 176 valence electrons. The lowest BCUT2D eigenvalue weighted by molar-refractivity contribution is -0.213. The van der Waals surface area contributed by atoms with Crippen molar-refractivity contribution in [2.75, 3.05) is 30.3 Å². The van der Waals surface area contributed by atoms with Crippen molar-refractivity contribution >= 4 is 22.7 Å². The minimum atomic E-state index is -4.51. The summed E-state index contributed by atoms with van der Waals surface area (Å²) < 4.78 is 85.3. The number of halogens is 6. The van der Waals surface area contributed by atoms with Crippen LogP contribution in [-0.4, -0.2) is 59.7 Å². The Labute approximate surface area is 180 Å². The molecule has 0 aliphatic carbocycles. The van der Waals surface area contributed by atoms with Gasteiger partial charge in [-0.3, -0.25) is 0 Å². The summed E-state index contributed by atoms with van der Waals surface area (Å²) in [5, 5.41) is 8.94. The number of benzene rings is 1. The molecule has 2 unspecified atom stereocenters. The summed E-state index contributed by atoms with van der Waals surface area (Å²) in [5.74, 6) is 0.0503. The fourth-order valence-electron chi connectivity index (χ4n) is 4.12. The van der Waals surface area contributed by atoms with Gasteiger partial charge in [-0.15, -0.1) is 0 Å². The second kappa shape index (κ2) is 8.54. The van der Waals surface area contributed by atoms with Gasteiger partial charge in [0.1, 0.15) is 11.4 Å². The van der Waals surface area contributed by atoms with E-state index in [1.54, 1.807) is 24.3 Å². The first kappa shape index (κ1) is 22.8. The first-order valence-corrected chi connectivity index (χ1v) is 10.4. The molecule has 2 atom stereocenters. The Morgan fingerprint density at radius 3 is 2.41 bits per heavy atom. The van der Waals surface area contributed by atoms with Gasteiger partial charge in [-0.1, -0.05) is 12.1 Å². The fraction of sp³-hybridized carbons (Fsp3) is 0.600. The highest BCUT2D eigenvalue weighted by Crippen LogP contribution is 2.40. The summed E-state index contributed by atoms with van der Waals surface area (Å²) in [5.41, 5.74) is -1.74. The van der Waals surface area contributed by atoms with Crippen LogP contribution in [0.2, 0.25) is 0 Å². The predicted octanol–water partition coefficient (Wildman–Crippen LogP) is 4.25. The summed E-state index contributed by atoms with van der Waals surface area (Å²) in [4.78, 5) is 8.50. The molecule has 1 aromatic heterocycles. The van der Waals surface area contributed by atoms with Crippen LogP contribution in [0, 0.1) is 0 Å². The Balaban J connectivity index is 1.57. The lowest BCUT2D eigenvalue weighted by Gasteiger charge is -2.39. The van der Waals surface area contributed by atoms with E-state index in [9.17, 15) is 26.3 Å². The molecule has 4 rings (SSSR count). The number of nitrogens with one attached hydrogen (secondary N) is 3. The number of nitrogens with zero attached hydrogens (tertiary/aromatic N) is 2. The molecule has 3 heterocycles. The number of ether oxygens (including phenoxy) is 1. The number of fused-ring (bicyclic) bond motifs is 1. The zero-order valence-corrected chi connectivity index (χ0v) is 17.0. The number of hydrogen-bond acceptors (Lipinski definition) is 6. The zero-order valence-electron chi connectivity index (χ0n) is 17.0. The average molecular weight is 463 g/mol. The first-order valence-electron chi connectivity index (χ1n) is 10.4. The third-order valence-corrected chi connectivity index (χ3v) is 5.92. The number of aromatic nitrogens is 2. The van der Waals surface area contributed by atoms with Crippen molar-refractivity contribution in [3.8, 4) is 0 Å². The Morgan fingerprint density at radius 2 is 1.75 bits per heavy atom. The fourth-order valence-corrected chi connectivity index (χ4v) is 4.12. The van der Waals surface area contributed by atoms with Crippen LogP contribution in [0.1, 0.15) is 25.7 Å². The van der Waals surface area contributed by atoms with E-state index in [1.165, 1.54) is 0 Å². The Hall–Kier alpha value is -2.34. The molecule has 0 spiro atoms. The first-order chi connectivity index (χ1) is 15.1. The summed E-state index contributed by atoms with van der Waals surface area (Å²) in [7, 11) is 0. The lowest BCUT2D eigenvalue weighted by Crippen LogP contribution is -2.57. The average Bonchev–Trinajstić information content (AvgIpc) is 3.22. The molecule has 2 saturated heterocycles. The van der Waals surface area contributed by atoms with E-state index in [2.05, 4.69) is 25.9 Å². The molecule has 2 fully saturated rings. The minimum Gasteiger partial charge on any atom is -0.367 e. The molecule has 32 heavy (non-hydrogen) atoms. The van der Waals surface area contributed by atoms with Crippen LogP contribution in [0.25, 0.3) is 10.9 Å². The van der Waals surface area contributed by atoms with Crippen LogP contribution in [0.5, 0.6) is 0 Å². The zero-order chi connectivity index (χ0) is 23.0. The van der Waals surface area contributed by atoms with E-state index < -0.39 is 30.1 Å². The number of alkyl halides is 6. The highest BCUT2D eigenvalue weighted by atomic mass is 19.4. The van der Waals surface area contributed by atoms with Crippen molar-refractivity contribution in [1.29, 1.82) is 0 Å². The van der Waals surface area contributed by atoms with Gasteiger partial charge in [0.2, 0.25) is 5.95 Å². The number of anilines is 2. The molecule has 2 aromatic rings. The van der Waals surface area contributed by atoms with Gasteiger partial charge in [-0.25, -0.2) is 4.98 Å². The van der Waals surface area contributed by atoms with E-state index in [0.29, 0.717) is 10.9 Å². The van der Waals surface area contributed by atoms with E-state index in [0.717, 1.165) is 0 Å². The van der Waals surface area contributed by atoms with Gasteiger partial charge >= 0.3 is 12.4 Å². The molecule has 1 aromatic carbocycles. The number of hydrogen-bond donors (Lipinski definition) is 3. The van der Waals surface area contributed by atoms with Crippen LogP contribution in [-0.2, 0) is 4.74 Å². The topological polar surface area (TPSA) is 71.1 Å². The van der Waals surface area contributed by atoms with Gasteiger partial charge in [0.25, 0.3) is 0 Å². The monoisotopic (exact) mass is 463 g/mol. The third-order valence-electron chi connectivity index (χ3n) is 5.92. The largest absolute Gasteiger partial charge is 0.414 e. The Kier molecular flexibility index (Phi) is 6.10. The van der Waals surface area contributed by atoms with E-state index >= 15 is 0 Å². The van der Waals surface area contributed by atoms with E-state index in [1.807, 2.05) is 0 Å². The van der Waals surface area contributed by atoms with Crippen molar-refractivity contribution in [1.82, 2.24) is 15.3 Å². The normalized spacial score (nSPS) is 23.9. The van der Waals surface area contributed by atoms with Crippen molar-refractivity contribution in [3.63, 3.8) is 0 Å². The quantitative estimate of drug-likeness (QED) is 0.576. The van der Waals surface area contributed by atoms with Crippen LogP contribution < -0.4 is 16.0 Å².